The maximum atomic E-state index is 10.1. The molecule has 0 radical (unpaired) electrons. The smallest absolute Gasteiger partial charge is 0.299 e. The molecule has 2 aromatic rings. The molecule has 0 saturated carbocycles. The fourth-order valence-corrected chi connectivity index (χ4v) is 1.91. The van der Waals surface area contributed by atoms with Crippen LogP contribution in [0.1, 0.15) is 0 Å². The molecule has 2 rings (SSSR count). The molecule has 0 aliphatic carbocycles. The SMILES string of the molecule is O=COc1ccc(-c2cccnc2)s1. The number of thiophene rings is 1. The predicted molar refractivity (Wildman–Crippen MR) is 54.2 cm³/mol. The fourth-order valence-electron chi connectivity index (χ4n) is 1.09. The molecule has 0 saturated heterocycles. The van der Waals surface area contributed by atoms with E-state index in [0.717, 1.165) is 10.4 Å². The van der Waals surface area contributed by atoms with Crippen molar-refractivity contribution >= 4 is 17.8 Å². The summed E-state index contributed by atoms with van der Waals surface area (Å²) in [6.45, 7) is 0.429. The van der Waals surface area contributed by atoms with Gasteiger partial charge in [-0.3, -0.25) is 9.78 Å². The molecule has 0 aromatic carbocycles. The van der Waals surface area contributed by atoms with Crippen LogP contribution in [0.15, 0.2) is 36.7 Å². The lowest BCUT2D eigenvalue weighted by Gasteiger charge is -1.93. The number of ether oxygens (including phenoxy) is 1. The third kappa shape index (κ3) is 1.80. The highest BCUT2D eigenvalue weighted by molar-refractivity contribution is 7.17. The van der Waals surface area contributed by atoms with E-state index in [9.17, 15) is 4.79 Å². The van der Waals surface area contributed by atoms with Crippen molar-refractivity contribution in [3.63, 3.8) is 0 Å². The molecule has 4 heteroatoms. The zero-order chi connectivity index (χ0) is 9.80. The zero-order valence-electron chi connectivity index (χ0n) is 7.21. The van der Waals surface area contributed by atoms with Crippen LogP contribution in [-0.2, 0) is 4.79 Å². The van der Waals surface area contributed by atoms with Crippen molar-refractivity contribution < 1.29 is 9.53 Å². The molecule has 0 aliphatic heterocycles. The highest BCUT2D eigenvalue weighted by atomic mass is 32.1. The van der Waals surface area contributed by atoms with Gasteiger partial charge in [-0.2, -0.15) is 0 Å². The number of nitrogens with zero attached hydrogens (tertiary/aromatic N) is 1. The first-order valence-corrected chi connectivity index (χ1v) is 4.82. The Morgan fingerprint density at radius 1 is 1.36 bits per heavy atom. The molecular formula is C10H7NO2S. The van der Waals surface area contributed by atoms with Crippen LogP contribution in [0.25, 0.3) is 10.4 Å². The molecule has 70 valence electrons. The summed E-state index contributed by atoms with van der Waals surface area (Å²) in [6, 6.07) is 7.50. The topological polar surface area (TPSA) is 39.2 Å². The van der Waals surface area contributed by atoms with Gasteiger partial charge in [-0.25, -0.2) is 0 Å². The average Bonchev–Trinajstić information content (AvgIpc) is 2.68. The maximum absolute atomic E-state index is 10.1. The van der Waals surface area contributed by atoms with Crippen LogP contribution < -0.4 is 4.74 Å². The summed E-state index contributed by atoms with van der Waals surface area (Å²) in [5.41, 5.74) is 1.03. The first-order valence-electron chi connectivity index (χ1n) is 4.00. The van der Waals surface area contributed by atoms with Crippen molar-refractivity contribution in [3.8, 4) is 15.5 Å². The van der Waals surface area contributed by atoms with Crippen LogP contribution in [0.3, 0.4) is 0 Å². The monoisotopic (exact) mass is 205 g/mol. The molecule has 14 heavy (non-hydrogen) atoms. The maximum Gasteiger partial charge on any atom is 0.299 e. The van der Waals surface area contributed by atoms with Gasteiger partial charge in [0.2, 0.25) is 0 Å². The molecule has 0 amide bonds. The molecule has 0 N–H and O–H groups in total. The summed E-state index contributed by atoms with van der Waals surface area (Å²) < 4.78 is 4.73. The molecule has 0 fully saturated rings. The molecule has 0 spiro atoms. The Morgan fingerprint density at radius 2 is 2.29 bits per heavy atom. The van der Waals surface area contributed by atoms with Gasteiger partial charge in [0.05, 0.1) is 0 Å². The van der Waals surface area contributed by atoms with Gasteiger partial charge in [-0.05, 0) is 18.2 Å². The second-order valence-corrected chi connectivity index (χ2v) is 3.62. The molecule has 0 unspecified atom stereocenters. The predicted octanol–water partition coefficient (Wildman–Crippen LogP) is 2.35. The van der Waals surface area contributed by atoms with Crippen LogP contribution in [0.5, 0.6) is 5.06 Å². The number of aromatic nitrogens is 1. The minimum Gasteiger partial charge on any atom is -0.418 e. The van der Waals surface area contributed by atoms with Crippen molar-refractivity contribution in [2.75, 3.05) is 0 Å². The molecule has 0 bridgehead atoms. The summed E-state index contributed by atoms with van der Waals surface area (Å²) in [5, 5.41) is 0.596. The van der Waals surface area contributed by atoms with Gasteiger partial charge in [0.25, 0.3) is 6.47 Å². The second-order valence-electron chi connectivity index (χ2n) is 2.57. The lowest BCUT2D eigenvalue weighted by molar-refractivity contribution is -0.120. The lowest BCUT2D eigenvalue weighted by atomic mass is 10.2. The lowest BCUT2D eigenvalue weighted by Crippen LogP contribution is -1.82. The largest absolute Gasteiger partial charge is 0.418 e. The van der Waals surface area contributed by atoms with Crippen LogP contribution in [0.4, 0.5) is 0 Å². The van der Waals surface area contributed by atoms with Gasteiger partial charge in [0.1, 0.15) is 0 Å². The van der Waals surface area contributed by atoms with Gasteiger partial charge >= 0.3 is 0 Å². The number of rotatable bonds is 3. The quantitative estimate of drug-likeness (QED) is 0.722. The third-order valence-corrected chi connectivity index (χ3v) is 2.72. The van der Waals surface area contributed by atoms with E-state index < -0.39 is 0 Å². The van der Waals surface area contributed by atoms with E-state index in [1.807, 2.05) is 18.2 Å². The summed E-state index contributed by atoms with van der Waals surface area (Å²) in [5.74, 6) is 0. The van der Waals surface area contributed by atoms with E-state index in [1.165, 1.54) is 11.3 Å². The Balaban J connectivity index is 2.29. The number of carbonyl (C=O) groups excluding carboxylic acids is 1. The Labute approximate surface area is 85.0 Å². The number of hydrogen-bond acceptors (Lipinski definition) is 4. The van der Waals surface area contributed by atoms with E-state index in [1.54, 1.807) is 18.5 Å². The van der Waals surface area contributed by atoms with Crippen LogP contribution in [0, 0.1) is 0 Å². The van der Waals surface area contributed by atoms with Crippen LogP contribution >= 0.6 is 11.3 Å². The van der Waals surface area contributed by atoms with E-state index >= 15 is 0 Å². The summed E-state index contributed by atoms with van der Waals surface area (Å²) >= 11 is 1.42. The van der Waals surface area contributed by atoms with Gasteiger partial charge in [0, 0.05) is 22.8 Å². The summed E-state index contributed by atoms with van der Waals surface area (Å²) in [4.78, 5) is 15.1. The number of pyridine rings is 1. The van der Waals surface area contributed by atoms with E-state index in [2.05, 4.69) is 4.98 Å². The van der Waals surface area contributed by atoms with Gasteiger partial charge in [-0.1, -0.05) is 17.4 Å². The Kier molecular flexibility index (Phi) is 2.55. The van der Waals surface area contributed by atoms with Crippen LogP contribution in [-0.4, -0.2) is 11.5 Å². The molecule has 0 atom stereocenters. The van der Waals surface area contributed by atoms with E-state index in [4.69, 9.17) is 4.74 Å². The van der Waals surface area contributed by atoms with E-state index in [-0.39, 0.29) is 0 Å². The minimum absolute atomic E-state index is 0.429. The number of hydrogen-bond donors (Lipinski definition) is 0. The molecule has 3 nitrogen and oxygen atoms in total. The molecule has 0 aliphatic rings. The summed E-state index contributed by atoms with van der Waals surface area (Å²) in [7, 11) is 0. The van der Waals surface area contributed by atoms with Gasteiger partial charge in [-0.15, -0.1) is 0 Å². The first kappa shape index (κ1) is 8.90. The van der Waals surface area contributed by atoms with Gasteiger partial charge < -0.3 is 4.74 Å². The third-order valence-electron chi connectivity index (χ3n) is 1.69. The highest BCUT2D eigenvalue weighted by Gasteiger charge is 2.02. The standard InChI is InChI=1S/C10H7NO2S/c12-7-13-10-4-3-9(14-10)8-2-1-5-11-6-8/h1-7H. The van der Waals surface area contributed by atoms with Crippen molar-refractivity contribution in [3.05, 3.63) is 36.7 Å². The zero-order valence-corrected chi connectivity index (χ0v) is 8.03. The number of carbonyl (C=O) groups is 1. The van der Waals surface area contributed by atoms with Crippen molar-refractivity contribution in [2.45, 2.75) is 0 Å². The van der Waals surface area contributed by atoms with Crippen molar-refractivity contribution in [1.29, 1.82) is 0 Å². The van der Waals surface area contributed by atoms with Crippen molar-refractivity contribution in [2.24, 2.45) is 0 Å². The molecule has 2 heterocycles. The Morgan fingerprint density at radius 3 is 3.00 bits per heavy atom. The second kappa shape index (κ2) is 4.02. The van der Waals surface area contributed by atoms with Gasteiger partial charge in [0.15, 0.2) is 5.06 Å². The average molecular weight is 205 g/mol. The van der Waals surface area contributed by atoms with Crippen molar-refractivity contribution in [1.82, 2.24) is 4.98 Å². The Hall–Kier alpha value is -1.68. The minimum atomic E-state index is 0.429. The Bertz CT molecular complexity index is 425. The normalized spacial score (nSPS) is 9.71. The van der Waals surface area contributed by atoms with E-state index in [0.29, 0.717) is 11.5 Å². The molecule has 2 aromatic heterocycles. The summed E-state index contributed by atoms with van der Waals surface area (Å²) in [6.07, 6.45) is 3.50. The highest BCUT2D eigenvalue weighted by Crippen LogP contribution is 2.31. The first-order chi connectivity index (χ1) is 6.90. The van der Waals surface area contributed by atoms with Crippen LogP contribution in [0.2, 0.25) is 0 Å². The fraction of sp³-hybridized carbons (Fsp3) is 0. The molecular weight excluding hydrogens is 198 g/mol.